The summed E-state index contributed by atoms with van der Waals surface area (Å²) in [7, 11) is 0. The molecule has 116 valence electrons. The summed E-state index contributed by atoms with van der Waals surface area (Å²) >= 11 is 6.02. The number of aromatic nitrogens is 1. The van der Waals surface area contributed by atoms with Gasteiger partial charge in [0.2, 0.25) is 0 Å². The molecule has 1 heterocycles. The van der Waals surface area contributed by atoms with Gasteiger partial charge in [-0.1, -0.05) is 17.7 Å². The molecular weight excluding hydrogens is 319 g/mol. The second kappa shape index (κ2) is 6.23. The van der Waals surface area contributed by atoms with Crippen LogP contribution in [0.25, 0.3) is 0 Å². The number of anilines is 1. The Labute approximate surface area is 137 Å². The smallest absolute Gasteiger partial charge is 0.320 e. The number of hydrogen-bond acceptors (Lipinski definition) is 3. The van der Waals surface area contributed by atoms with Crippen molar-refractivity contribution in [3.8, 4) is 6.07 Å². The topological polar surface area (TPSA) is 77.8 Å². The summed E-state index contributed by atoms with van der Waals surface area (Å²) in [6.45, 7) is 0. The van der Waals surface area contributed by atoms with Gasteiger partial charge in [-0.3, -0.25) is 5.32 Å². The molecule has 7 heteroatoms. The van der Waals surface area contributed by atoms with Crippen molar-refractivity contribution >= 4 is 23.4 Å². The SMILES string of the molecule is N#Cc1ccc(NC(=O)N[C@@H]2C[C@@H]2c2c(F)cccc2Cl)nc1. The Bertz CT molecular complexity index is 767. The Hall–Kier alpha value is -2.65. The highest BCUT2D eigenvalue weighted by molar-refractivity contribution is 6.31. The van der Waals surface area contributed by atoms with Crippen LogP contribution in [0.4, 0.5) is 15.0 Å². The molecule has 0 spiro atoms. The third-order valence-electron chi connectivity index (χ3n) is 3.61. The van der Waals surface area contributed by atoms with Crippen molar-refractivity contribution in [2.24, 2.45) is 0 Å². The fraction of sp³-hybridized carbons (Fsp3) is 0.188. The van der Waals surface area contributed by atoms with Gasteiger partial charge in [-0.25, -0.2) is 14.2 Å². The first-order valence-electron chi connectivity index (χ1n) is 6.96. The van der Waals surface area contributed by atoms with Crippen molar-refractivity contribution < 1.29 is 9.18 Å². The number of pyridine rings is 1. The van der Waals surface area contributed by atoms with E-state index in [9.17, 15) is 9.18 Å². The number of amides is 2. The van der Waals surface area contributed by atoms with Crippen molar-refractivity contribution in [1.29, 1.82) is 5.26 Å². The van der Waals surface area contributed by atoms with Crippen LogP contribution in [0.1, 0.15) is 23.5 Å². The Kier molecular flexibility index (Phi) is 4.13. The second-order valence-electron chi connectivity index (χ2n) is 5.23. The molecule has 1 aliphatic carbocycles. The zero-order valence-corrected chi connectivity index (χ0v) is 12.6. The summed E-state index contributed by atoms with van der Waals surface area (Å²) in [5.74, 6) is -0.146. The van der Waals surface area contributed by atoms with E-state index in [0.29, 0.717) is 28.4 Å². The fourth-order valence-corrected chi connectivity index (χ4v) is 2.70. The van der Waals surface area contributed by atoms with Crippen molar-refractivity contribution in [2.45, 2.75) is 18.4 Å². The number of nitrogens with zero attached hydrogens (tertiary/aromatic N) is 2. The number of nitriles is 1. The molecule has 1 aromatic carbocycles. The van der Waals surface area contributed by atoms with Gasteiger partial charge in [0, 0.05) is 28.7 Å². The first kappa shape index (κ1) is 15.3. The van der Waals surface area contributed by atoms with Crippen molar-refractivity contribution in [2.75, 3.05) is 5.32 Å². The molecular formula is C16H12ClFN4O. The lowest BCUT2D eigenvalue weighted by molar-refractivity contribution is 0.251. The molecule has 0 saturated heterocycles. The zero-order chi connectivity index (χ0) is 16.4. The van der Waals surface area contributed by atoms with Gasteiger partial charge in [-0.05, 0) is 30.7 Å². The molecule has 2 aromatic rings. The van der Waals surface area contributed by atoms with Crippen LogP contribution < -0.4 is 10.6 Å². The van der Waals surface area contributed by atoms with Gasteiger partial charge in [0.15, 0.2) is 0 Å². The van der Waals surface area contributed by atoms with Crippen LogP contribution in [0.2, 0.25) is 5.02 Å². The predicted molar refractivity (Wildman–Crippen MR) is 83.7 cm³/mol. The third kappa shape index (κ3) is 3.41. The molecule has 1 saturated carbocycles. The summed E-state index contributed by atoms with van der Waals surface area (Å²) in [6, 6.07) is 8.99. The average Bonchev–Trinajstić information content (AvgIpc) is 3.26. The van der Waals surface area contributed by atoms with E-state index in [-0.39, 0.29) is 17.8 Å². The molecule has 1 aromatic heterocycles. The van der Waals surface area contributed by atoms with E-state index in [2.05, 4.69) is 15.6 Å². The van der Waals surface area contributed by atoms with E-state index in [1.54, 1.807) is 18.2 Å². The van der Waals surface area contributed by atoms with Crippen LogP contribution in [-0.2, 0) is 0 Å². The lowest BCUT2D eigenvalue weighted by Crippen LogP contribution is -2.31. The third-order valence-corrected chi connectivity index (χ3v) is 3.94. The maximum Gasteiger partial charge on any atom is 0.320 e. The highest BCUT2D eigenvalue weighted by atomic mass is 35.5. The number of carbonyl (C=O) groups excluding carboxylic acids is 1. The van der Waals surface area contributed by atoms with Crippen molar-refractivity contribution in [3.05, 3.63) is 58.5 Å². The number of halogens is 2. The van der Waals surface area contributed by atoms with Gasteiger partial charge < -0.3 is 5.32 Å². The summed E-state index contributed by atoms with van der Waals surface area (Å²) in [5.41, 5.74) is 0.850. The number of carbonyl (C=O) groups is 1. The number of benzene rings is 1. The minimum Gasteiger partial charge on any atom is -0.334 e. The van der Waals surface area contributed by atoms with Crippen LogP contribution in [0.15, 0.2) is 36.5 Å². The van der Waals surface area contributed by atoms with Crippen LogP contribution in [-0.4, -0.2) is 17.1 Å². The lowest BCUT2D eigenvalue weighted by atomic mass is 10.1. The summed E-state index contributed by atoms with van der Waals surface area (Å²) in [4.78, 5) is 15.9. The van der Waals surface area contributed by atoms with E-state index in [0.717, 1.165) is 0 Å². The minimum atomic E-state index is -0.429. The van der Waals surface area contributed by atoms with Crippen molar-refractivity contribution in [3.63, 3.8) is 0 Å². The predicted octanol–water partition coefficient (Wildman–Crippen LogP) is 3.42. The first-order valence-corrected chi connectivity index (χ1v) is 7.34. The monoisotopic (exact) mass is 330 g/mol. The van der Waals surface area contributed by atoms with Gasteiger partial charge in [0.05, 0.1) is 5.56 Å². The molecule has 23 heavy (non-hydrogen) atoms. The first-order chi connectivity index (χ1) is 11.1. The molecule has 0 aliphatic heterocycles. The Morgan fingerprint density at radius 2 is 2.22 bits per heavy atom. The number of hydrogen-bond donors (Lipinski definition) is 2. The fourth-order valence-electron chi connectivity index (χ4n) is 2.39. The molecule has 5 nitrogen and oxygen atoms in total. The molecule has 1 aliphatic rings. The Morgan fingerprint density at radius 1 is 1.39 bits per heavy atom. The quantitative estimate of drug-likeness (QED) is 0.905. The molecule has 0 bridgehead atoms. The number of rotatable bonds is 3. The van der Waals surface area contributed by atoms with Crippen LogP contribution in [0.3, 0.4) is 0 Å². The van der Waals surface area contributed by atoms with E-state index >= 15 is 0 Å². The summed E-state index contributed by atoms with van der Waals surface area (Å²) in [6.07, 6.45) is 2.00. The van der Waals surface area contributed by atoms with Gasteiger partial charge in [0.1, 0.15) is 17.7 Å². The molecule has 0 unspecified atom stereocenters. The molecule has 1 fully saturated rings. The van der Waals surface area contributed by atoms with E-state index in [1.807, 2.05) is 6.07 Å². The molecule has 0 radical (unpaired) electrons. The molecule has 3 rings (SSSR count). The lowest BCUT2D eigenvalue weighted by Gasteiger charge is -2.08. The van der Waals surface area contributed by atoms with Crippen LogP contribution in [0.5, 0.6) is 0 Å². The molecule has 2 amide bonds. The summed E-state index contributed by atoms with van der Waals surface area (Å²) in [5, 5.41) is 14.4. The van der Waals surface area contributed by atoms with E-state index in [1.165, 1.54) is 18.3 Å². The van der Waals surface area contributed by atoms with E-state index < -0.39 is 6.03 Å². The number of nitrogens with one attached hydrogen (secondary N) is 2. The maximum absolute atomic E-state index is 13.8. The van der Waals surface area contributed by atoms with E-state index in [4.69, 9.17) is 16.9 Å². The van der Waals surface area contributed by atoms with Gasteiger partial charge in [-0.15, -0.1) is 0 Å². The largest absolute Gasteiger partial charge is 0.334 e. The van der Waals surface area contributed by atoms with Gasteiger partial charge in [0.25, 0.3) is 0 Å². The standard InChI is InChI=1S/C16H12ClFN4O/c17-11-2-1-3-12(18)15(11)10-6-13(10)21-16(23)22-14-5-4-9(7-19)8-20-14/h1-5,8,10,13H,6H2,(H2,20,21,22,23)/t10-,13+/m0/s1. The summed E-state index contributed by atoms with van der Waals surface area (Å²) < 4.78 is 13.8. The van der Waals surface area contributed by atoms with Gasteiger partial charge in [-0.2, -0.15) is 5.26 Å². The maximum atomic E-state index is 13.8. The molecule has 2 N–H and O–H groups in total. The Morgan fingerprint density at radius 3 is 2.87 bits per heavy atom. The van der Waals surface area contributed by atoms with Crippen molar-refractivity contribution in [1.82, 2.24) is 10.3 Å². The second-order valence-corrected chi connectivity index (χ2v) is 5.63. The highest BCUT2D eigenvalue weighted by Crippen LogP contribution is 2.44. The van der Waals surface area contributed by atoms with Crippen LogP contribution in [0, 0.1) is 17.1 Å². The Balaban J connectivity index is 1.59. The highest BCUT2D eigenvalue weighted by Gasteiger charge is 2.42. The zero-order valence-electron chi connectivity index (χ0n) is 11.9. The minimum absolute atomic E-state index is 0.122. The number of urea groups is 1. The van der Waals surface area contributed by atoms with Crippen LogP contribution >= 0.6 is 11.6 Å². The van der Waals surface area contributed by atoms with Gasteiger partial charge >= 0.3 is 6.03 Å². The average molecular weight is 331 g/mol. The normalized spacial score (nSPS) is 18.8. The molecule has 2 atom stereocenters.